The highest BCUT2D eigenvalue weighted by molar-refractivity contribution is 7.80. The van der Waals surface area contributed by atoms with Crippen molar-refractivity contribution in [3.8, 4) is 0 Å². The van der Waals surface area contributed by atoms with Crippen LogP contribution in [0.3, 0.4) is 0 Å². The van der Waals surface area contributed by atoms with Gasteiger partial charge in [-0.2, -0.15) is 25.3 Å². The van der Waals surface area contributed by atoms with Crippen LogP contribution in [0.4, 0.5) is 0 Å². The Bertz CT molecular complexity index is 577. The Kier molecular flexibility index (Phi) is 9.36. The third kappa shape index (κ3) is 6.26. The summed E-state index contributed by atoms with van der Waals surface area (Å²) >= 11 is 7.92. The van der Waals surface area contributed by atoms with Gasteiger partial charge in [0.2, 0.25) is 17.7 Å². The number of aliphatic carboxylic acids is 1. The quantitative estimate of drug-likeness (QED) is 0.204. The van der Waals surface area contributed by atoms with Crippen LogP contribution in [0.1, 0.15) is 19.8 Å². The van der Waals surface area contributed by atoms with Gasteiger partial charge in [-0.25, -0.2) is 4.79 Å². The van der Waals surface area contributed by atoms with Crippen molar-refractivity contribution in [2.45, 2.75) is 50.0 Å². The first-order valence-electron chi connectivity index (χ1n) is 8.43. The Hall–Kier alpha value is -1.50. The molecule has 1 saturated heterocycles. The summed E-state index contributed by atoms with van der Waals surface area (Å²) in [6.45, 7) is 1.53. The predicted octanol–water partition coefficient (Wildman–Crippen LogP) is -2.40. The maximum atomic E-state index is 12.7. The van der Waals surface area contributed by atoms with Crippen LogP contribution in [-0.4, -0.2) is 87.1 Å². The van der Waals surface area contributed by atoms with Crippen LogP contribution in [0, 0.1) is 0 Å². The lowest BCUT2D eigenvalue weighted by Gasteiger charge is -2.30. The van der Waals surface area contributed by atoms with E-state index in [2.05, 4.69) is 35.9 Å². The minimum atomic E-state index is -1.35. The van der Waals surface area contributed by atoms with Crippen LogP contribution in [0.5, 0.6) is 0 Å². The topological polar surface area (TPSA) is 162 Å². The molecule has 27 heavy (non-hydrogen) atoms. The largest absolute Gasteiger partial charge is 0.480 e. The molecule has 0 spiro atoms. The van der Waals surface area contributed by atoms with Gasteiger partial charge in [0.1, 0.15) is 18.1 Å². The number of amides is 3. The minimum absolute atomic E-state index is 0.0704. The monoisotopic (exact) mass is 422 g/mol. The van der Waals surface area contributed by atoms with E-state index in [0.29, 0.717) is 12.8 Å². The smallest absolute Gasteiger partial charge is 0.326 e. The van der Waals surface area contributed by atoms with Gasteiger partial charge < -0.3 is 31.5 Å². The SMILES string of the molecule is CC(O)C(NC(=O)C(CS)NC(=O)C(N)CS)C(=O)N1CCCC1C(=O)O. The zero-order valence-electron chi connectivity index (χ0n) is 14.9. The Labute approximate surface area is 168 Å². The van der Waals surface area contributed by atoms with E-state index in [1.54, 1.807) is 0 Å². The van der Waals surface area contributed by atoms with E-state index in [-0.39, 0.29) is 18.1 Å². The van der Waals surface area contributed by atoms with Crippen molar-refractivity contribution < 1.29 is 29.4 Å². The van der Waals surface area contributed by atoms with Crippen LogP contribution in [0.2, 0.25) is 0 Å². The Balaban J connectivity index is 2.85. The molecule has 0 aromatic carbocycles. The summed E-state index contributed by atoms with van der Waals surface area (Å²) in [6, 6.07) is -4.35. The van der Waals surface area contributed by atoms with Crippen LogP contribution in [0.15, 0.2) is 0 Å². The minimum Gasteiger partial charge on any atom is -0.480 e. The predicted molar refractivity (Wildman–Crippen MR) is 104 cm³/mol. The van der Waals surface area contributed by atoms with E-state index in [0.717, 1.165) is 4.90 Å². The molecule has 10 nitrogen and oxygen atoms in total. The zero-order chi connectivity index (χ0) is 20.7. The number of thiol groups is 2. The summed E-state index contributed by atoms with van der Waals surface area (Å²) < 4.78 is 0. The molecule has 1 fully saturated rings. The lowest BCUT2D eigenvalue weighted by molar-refractivity contribution is -0.150. The van der Waals surface area contributed by atoms with Gasteiger partial charge in [-0.05, 0) is 19.8 Å². The number of carboxylic acids is 1. The lowest BCUT2D eigenvalue weighted by Crippen LogP contribution is -2.60. The van der Waals surface area contributed by atoms with Crippen molar-refractivity contribution in [2.24, 2.45) is 5.73 Å². The van der Waals surface area contributed by atoms with Crippen molar-refractivity contribution in [3.05, 3.63) is 0 Å². The molecule has 0 aliphatic carbocycles. The standard InChI is InChI=1S/C15H26N4O6S2/c1-7(20)11(14(23)19-4-2-3-10(19)15(24)25)18-13(22)9(6-27)17-12(21)8(16)5-26/h7-11,20,26-27H,2-6,16H2,1H3,(H,17,21)(H,18,22)(H,24,25). The van der Waals surface area contributed by atoms with Crippen LogP contribution >= 0.6 is 25.3 Å². The van der Waals surface area contributed by atoms with E-state index in [1.807, 2.05) is 0 Å². The van der Waals surface area contributed by atoms with Crippen LogP contribution in [-0.2, 0) is 19.2 Å². The molecular weight excluding hydrogens is 396 g/mol. The molecule has 1 aliphatic heterocycles. The fraction of sp³-hybridized carbons (Fsp3) is 0.733. The Morgan fingerprint density at radius 2 is 1.81 bits per heavy atom. The van der Waals surface area contributed by atoms with Gasteiger partial charge in [-0.15, -0.1) is 0 Å². The molecule has 0 bridgehead atoms. The second-order valence-electron chi connectivity index (χ2n) is 6.29. The number of hydrogen-bond acceptors (Lipinski definition) is 8. The van der Waals surface area contributed by atoms with Crippen LogP contribution < -0.4 is 16.4 Å². The average molecular weight is 423 g/mol. The van der Waals surface area contributed by atoms with Gasteiger partial charge in [0, 0.05) is 18.1 Å². The molecule has 6 N–H and O–H groups in total. The molecule has 1 rings (SSSR count). The molecule has 1 heterocycles. The Morgan fingerprint density at radius 1 is 1.19 bits per heavy atom. The third-order valence-corrected chi connectivity index (χ3v) is 4.97. The van der Waals surface area contributed by atoms with Crippen molar-refractivity contribution in [3.63, 3.8) is 0 Å². The highest BCUT2D eigenvalue weighted by atomic mass is 32.1. The second kappa shape index (κ2) is 10.7. The number of nitrogens with zero attached hydrogens (tertiary/aromatic N) is 1. The van der Waals surface area contributed by atoms with E-state index in [4.69, 9.17) is 5.73 Å². The number of carbonyl (C=O) groups excluding carboxylic acids is 3. The first-order valence-corrected chi connectivity index (χ1v) is 9.69. The molecule has 154 valence electrons. The van der Waals surface area contributed by atoms with Gasteiger partial charge in [0.15, 0.2) is 0 Å². The highest BCUT2D eigenvalue weighted by Crippen LogP contribution is 2.19. The first-order chi connectivity index (χ1) is 12.6. The van der Waals surface area contributed by atoms with Gasteiger partial charge in [0.05, 0.1) is 12.1 Å². The first kappa shape index (κ1) is 23.5. The average Bonchev–Trinajstić information content (AvgIpc) is 3.12. The molecule has 3 amide bonds. The lowest BCUT2D eigenvalue weighted by atomic mass is 10.1. The summed E-state index contributed by atoms with van der Waals surface area (Å²) in [5.74, 6) is -3.18. The van der Waals surface area contributed by atoms with E-state index in [9.17, 15) is 29.4 Å². The van der Waals surface area contributed by atoms with E-state index >= 15 is 0 Å². The molecule has 5 unspecified atom stereocenters. The summed E-state index contributed by atoms with van der Waals surface area (Å²) in [6.07, 6.45) is -0.453. The summed E-state index contributed by atoms with van der Waals surface area (Å²) in [7, 11) is 0. The van der Waals surface area contributed by atoms with Crippen molar-refractivity contribution >= 4 is 48.9 Å². The summed E-state index contributed by atoms with van der Waals surface area (Å²) in [5, 5.41) is 23.9. The van der Waals surface area contributed by atoms with Crippen molar-refractivity contribution in [1.29, 1.82) is 0 Å². The summed E-state index contributed by atoms with van der Waals surface area (Å²) in [4.78, 5) is 49.4. The number of likely N-dealkylation sites (tertiary alicyclic amines) is 1. The third-order valence-electron chi connectivity index (χ3n) is 4.22. The summed E-state index contributed by atoms with van der Waals surface area (Å²) in [5.41, 5.74) is 5.54. The van der Waals surface area contributed by atoms with Crippen molar-refractivity contribution in [2.75, 3.05) is 18.1 Å². The Morgan fingerprint density at radius 3 is 2.30 bits per heavy atom. The normalized spacial score (nSPS) is 21.1. The highest BCUT2D eigenvalue weighted by Gasteiger charge is 2.39. The molecule has 1 aliphatic rings. The number of nitrogens with one attached hydrogen (secondary N) is 2. The molecule has 5 atom stereocenters. The molecule has 12 heteroatoms. The van der Waals surface area contributed by atoms with Gasteiger partial charge in [-0.1, -0.05) is 0 Å². The number of aliphatic hydroxyl groups is 1. The van der Waals surface area contributed by atoms with E-state index in [1.165, 1.54) is 6.92 Å². The number of hydrogen-bond donors (Lipinski definition) is 7. The number of carbonyl (C=O) groups is 4. The second-order valence-corrected chi connectivity index (χ2v) is 7.02. The molecule has 0 radical (unpaired) electrons. The molecule has 0 aromatic rings. The fourth-order valence-corrected chi connectivity index (χ4v) is 3.09. The molecular formula is C15H26N4O6S2. The molecule has 0 aromatic heterocycles. The van der Waals surface area contributed by atoms with Gasteiger partial charge >= 0.3 is 5.97 Å². The van der Waals surface area contributed by atoms with Crippen LogP contribution in [0.25, 0.3) is 0 Å². The number of aliphatic hydroxyl groups excluding tert-OH is 1. The van der Waals surface area contributed by atoms with Gasteiger partial charge in [0.25, 0.3) is 0 Å². The van der Waals surface area contributed by atoms with E-state index < -0.39 is 54.0 Å². The maximum absolute atomic E-state index is 12.7. The number of rotatable bonds is 9. The fourth-order valence-electron chi connectivity index (χ4n) is 2.66. The van der Waals surface area contributed by atoms with Gasteiger partial charge in [-0.3, -0.25) is 14.4 Å². The number of carboxylic acid groups (broad SMARTS) is 1. The zero-order valence-corrected chi connectivity index (χ0v) is 16.7. The maximum Gasteiger partial charge on any atom is 0.326 e. The number of nitrogens with two attached hydrogens (primary N) is 1. The van der Waals surface area contributed by atoms with Crippen molar-refractivity contribution in [1.82, 2.24) is 15.5 Å². The molecule has 0 saturated carbocycles.